The van der Waals surface area contributed by atoms with Crippen LogP contribution in [-0.2, 0) is 4.74 Å². The van der Waals surface area contributed by atoms with Crippen LogP contribution in [0.25, 0.3) is 22.2 Å². The fourth-order valence-electron chi connectivity index (χ4n) is 3.87. The van der Waals surface area contributed by atoms with Gasteiger partial charge in [0.05, 0.1) is 45.7 Å². The van der Waals surface area contributed by atoms with Gasteiger partial charge in [-0.2, -0.15) is 0 Å². The molecule has 2 aromatic carbocycles. The van der Waals surface area contributed by atoms with Crippen LogP contribution >= 0.6 is 34.0 Å². The number of nitrogens with zero attached hydrogens (tertiary/aromatic N) is 3. The Kier molecular flexibility index (Phi) is 6.54. The normalized spacial score (nSPS) is 16.2. The van der Waals surface area contributed by atoms with Gasteiger partial charge in [-0.25, -0.2) is 0 Å². The minimum Gasteiger partial charge on any atom is -0.357 e. The molecule has 35 heavy (non-hydrogen) atoms. The monoisotopic (exact) mass is 530 g/mol. The molecule has 2 aromatic heterocycles. The second-order valence-electron chi connectivity index (χ2n) is 7.80. The maximum absolute atomic E-state index is 13.0. The van der Waals surface area contributed by atoms with E-state index in [1.807, 2.05) is 18.2 Å². The number of carbonyl (C=O) groups excluding carboxylic acids is 1. The molecule has 5 rings (SSSR count). The fraction of sp³-hybridized carbons (Fsp3) is 0.125. The molecule has 1 saturated heterocycles. The third-order valence-corrected chi connectivity index (χ3v) is 7.75. The number of aromatic nitrogens is 2. The van der Waals surface area contributed by atoms with Gasteiger partial charge in [0.15, 0.2) is 5.94 Å². The summed E-state index contributed by atoms with van der Waals surface area (Å²) in [6.45, 7) is 0.658. The SMILES string of the molecule is O=C(Nc1ccc(Cl)c(-c2nccc3ncccc23)c1)c1ccc(N2CCOCS2(O)O)cc1Cl. The zero-order valence-corrected chi connectivity index (χ0v) is 20.5. The maximum atomic E-state index is 13.0. The molecule has 0 aliphatic carbocycles. The van der Waals surface area contributed by atoms with Crippen LogP contribution in [0.5, 0.6) is 0 Å². The molecule has 1 aliphatic rings. The Hall–Kier alpha value is -2.92. The first-order valence-electron chi connectivity index (χ1n) is 10.6. The summed E-state index contributed by atoms with van der Waals surface area (Å²) in [5, 5.41) is 4.35. The molecule has 1 fully saturated rings. The number of fused-ring (bicyclic) bond motifs is 1. The van der Waals surface area contributed by atoms with Crippen molar-refractivity contribution in [1.82, 2.24) is 9.97 Å². The lowest BCUT2D eigenvalue weighted by Crippen LogP contribution is -2.38. The minimum atomic E-state index is -3.10. The summed E-state index contributed by atoms with van der Waals surface area (Å²) in [6, 6.07) is 15.4. The quantitative estimate of drug-likeness (QED) is 0.283. The third kappa shape index (κ3) is 4.79. The highest BCUT2D eigenvalue weighted by Crippen LogP contribution is 2.48. The second-order valence-corrected chi connectivity index (χ2v) is 10.6. The van der Waals surface area contributed by atoms with E-state index in [9.17, 15) is 13.9 Å². The van der Waals surface area contributed by atoms with Gasteiger partial charge in [-0.15, -0.1) is 0 Å². The first kappa shape index (κ1) is 23.8. The average molecular weight is 531 g/mol. The van der Waals surface area contributed by atoms with Gasteiger partial charge in [0.1, 0.15) is 0 Å². The van der Waals surface area contributed by atoms with E-state index >= 15 is 0 Å². The van der Waals surface area contributed by atoms with Crippen molar-refractivity contribution in [2.45, 2.75) is 0 Å². The van der Waals surface area contributed by atoms with Crippen LogP contribution < -0.4 is 9.62 Å². The van der Waals surface area contributed by atoms with Crippen molar-refractivity contribution in [3.8, 4) is 11.3 Å². The first-order chi connectivity index (χ1) is 16.8. The van der Waals surface area contributed by atoms with Crippen molar-refractivity contribution in [1.29, 1.82) is 0 Å². The zero-order valence-electron chi connectivity index (χ0n) is 18.2. The van der Waals surface area contributed by atoms with Crippen molar-refractivity contribution < 1.29 is 18.6 Å². The van der Waals surface area contributed by atoms with E-state index in [1.165, 1.54) is 10.4 Å². The van der Waals surface area contributed by atoms with Gasteiger partial charge in [-0.3, -0.25) is 28.2 Å². The van der Waals surface area contributed by atoms with Crippen molar-refractivity contribution in [3.63, 3.8) is 0 Å². The van der Waals surface area contributed by atoms with Crippen LogP contribution in [0, 0.1) is 0 Å². The van der Waals surface area contributed by atoms with Crippen LogP contribution in [0.1, 0.15) is 10.4 Å². The van der Waals surface area contributed by atoms with E-state index in [2.05, 4.69) is 15.3 Å². The van der Waals surface area contributed by atoms with E-state index in [-0.39, 0.29) is 16.5 Å². The number of ether oxygens (including phenoxy) is 1. The number of amides is 1. The van der Waals surface area contributed by atoms with Crippen LogP contribution in [0.2, 0.25) is 10.0 Å². The molecule has 180 valence electrons. The predicted octanol–water partition coefficient (Wildman–Crippen LogP) is 6.32. The Morgan fingerprint density at radius 1 is 1.03 bits per heavy atom. The van der Waals surface area contributed by atoms with Gasteiger partial charge in [0.25, 0.3) is 5.91 Å². The molecule has 1 amide bonds. The lowest BCUT2D eigenvalue weighted by atomic mass is 10.1. The number of carbonyl (C=O) groups is 1. The van der Waals surface area contributed by atoms with Crippen LogP contribution in [-0.4, -0.2) is 44.1 Å². The average Bonchev–Trinajstić information content (AvgIpc) is 2.84. The summed E-state index contributed by atoms with van der Waals surface area (Å²) < 4.78 is 27.1. The summed E-state index contributed by atoms with van der Waals surface area (Å²) in [7, 11) is -3.10. The number of pyridine rings is 2. The van der Waals surface area contributed by atoms with Crippen LogP contribution in [0.15, 0.2) is 67.0 Å². The Labute approximate surface area is 213 Å². The number of hydrogen-bond acceptors (Lipinski definition) is 7. The van der Waals surface area contributed by atoms with Gasteiger partial charge >= 0.3 is 0 Å². The third-order valence-electron chi connectivity index (χ3n) is 5.53. The van der Waals surface area contributed by atoms with Gasteiger partial charge < -0.3 is 10.1 Å². The number of halogens is 2. The minimum absolute atomic E-state index is 0.173. The topological polar surface area (TPSA) is 108 Å². The molecular formula is C24H20Cl2N4O4S. The van der Waals surface area contributed by atoms with Crippen LogP contribution in [0.4, 0.5) is 11.4 Å². The largest absolute Gasteiger partial charge is 0.357 e. The van der Waals surface area contributed by atoms with Crippen molar-refractivity contribution >= 4 is 62.2 Å². The molecule has 8 nitrogen and oxygen atoms in total. The molecule has 3 N–H and O–H groups in total. The zero-order chi connectivity index (χ0) is 24.6. The summed E-state index contributed by atoms with van der Waals surface area (Å²) in [5.41, 5.74) is 3.35. The second kappa shape index (κ2) is 9.62. The molecule has 0 bridgehead atoms. The lowest BCUT2D eigenvalue weighted by molar-refractivity contribution is 0.102. The number of benzene rings is 2. The molecule has 0 saturated carbocycles. The van der Waals surface area contributed by atoms with Gasteiger partial charge in [-0.05, 0) is 54.6 Å². The van der Waals surface area contributed by atoms with Crippen LogP contribution in [0.3, 0.4) is 0 Å². The number of hydrogen-bond donors (Lipinski definition) is 3. The van der Waals surface area contributed by atoms with Crippen molar-refractivity contribution in [2.24, 2.45) is 0 Å². The van der Waals surface area contributed by atoms with E-state index < -0.39 is 16.7 Å². The molecule has 0 unspecified atom stereocenters. The van der Waals surface area contributed by atoms with E-state index in [4.69, 9.17) is 27.9 Å². The molecule has 0 spiro atoms. The van der Waals surface area contributed by atoms with E-state index in [1.54, 1.807) is 42.7 Å². The highest BCUT2D eigenvalue weighted by molar-refractivity contribution is 8.25. The van der Waals surface area contributed by atoms with Gasteiger partial charge in [-0.1, -0.05) is 34.0 Å². The smallest absolute Gasteiger partial charge is 0.257 e. The lowest BCUT2D eigenvalue weighted by Gasteiger charge is -2.46. The Bertz CT molecular complexity index is 1430. The summed E-state index contributed by atoms with van der Waals surface area (Å²) in [6.07, 6.45) is 3.37. The molecule has 0 radical (unpaired) electrons. The maximum Gasteiger partial charge on any atom is 0.257 e. The highest BCUT2D eigenvalue weighted by Gasteiger charge is 2.28. The number of rotatable bonds is 4. The highest BCUT2D eigenvalue weighted by atomic mass is 35.5. The van der Waals surface area contributed by atoms with E-state index in [0.29, 0.717) is 40.8 Å². The van der Waals surface area contributed by atoms with Crippen molar-refractivity contribution in [3.05, 3.63) is 82.6 Å². The molecule has 4 aromatic rings. The number of nitrogens with one attached hydrogen (secondary N) is 1. The molecular weight excluding hydrogens is 511 g/mol. The van der Waals surface area contributed by atoms with Gasteiger partial charge in [0, 0.05) is 29.0 Å². The molecule has 3 heterocycles. The van der Waals surface area contributed by atoms with Gasteiger partial charge in [0.2, 0.25) is 0 Å². The summed E-state index contributed by atoms with van der Waals surface area (Å²) in [5.74, 6) is -0.594. The molecule has 11 heteroatoms. The predicted molar refractivity (Wildman–Crippen MR) is 140 cm³/mol. The molecule has 1 aliphatic heterocycles. The van der Waals surface area contributed by atoms with E-state index in [0.717, 1.165) is 10.9 Å². The summed E-state index contributed by atoms with van der Waals surface area (Å²) in [4.78, 5) is 21.9. The first-order valence-corrected chi connectivity index (χ1v) is 13.0. The fourth-order valence-corrected chi connectivity index (χ4v) is 5.62. The standard InChI is InChI=1S/C24H20Cl2N4O4S/c25-20-6-3-15(12-19(20)23-18-2-1-8-27-22(18)7-9-28-23)29-24(31)17-5-4-16(13-21(17)26)30-10-11-34-14-35(30,32)33/h1-9,12-13,32-33H,10-11,14H2,(H,29,31). The molecule has 0 atom stereocenters. The summed E-state index contributed by atoms with van der Waals surface area (Å²) >= 11 is 12.9. The Balaban J connectivity index is 1.42. The Morgan fingerprint density at radius 3 is 2.69 bits per heavy atom. The Morgan fingerprint density at radius 2 is 1.89 bits per heavy atom. The number of anilines is 2. The van der Waals surface area contributed by atoms with Crippen molar-refractivity contribution in [2.75, 3.05) is 28.7 Å².